The molecular formula is C16H11F5O3. The Kier molecular flexibility index (Phi) is 5.06. The number of carbonyl (C=O) groups is 1. The average Bonchev–Trinajstić information content (AvgIpc) is 2.56. The zero-order valence-corrected chi connectivity index (χ0v) is 12.5. The number of halogens is 5. The van der Waals surface area contributed by atoms with Gasteiger partial charge >= 0.3 is 0 Å². The van der Waals surface area contributed by atoms with Gasteiger partial charge in [0.25, 0.3) is 6.36 Å². The van der Waals surface area contributed by atoms with Gasteiger partial charge in [0.2, 0.25) is 0 Å². The van der Waals surface area contributed by atoms with Crippen molar-refractivity contribution in [3.63, 3.8) is 0 Å². The van der Waals surface area contributed by atoms with E-state index in [2.05, 4.69) is 0 Å². The number of ether oxygens (including phenoxy) is 2. The van der Waals surface area contributed by atoms with Crippen LogP contribution in [0, 0.1) is 23.3 Å². The number of hydrogen-bond donors (Lipinski definition) is 0. The highest BCUT2D eigenvalue weighted by molar-refractivity contribution is 5.94. The summed E-state index contributed by atoms with van der Waals surface area (Å²) in [5.41, 5.74) is -0.899. The summed E-state index contributed by atoms with van der Waals surface area (Å²) in [4.78, 5) is 11.3. The molecule has 0 saturated carbocycles. The van der Waals surface area contributed by atoms with E-state index >= 15 is 0 Å². The summed E-state index contributed by atoms with van der Waals surface area (Å²) < 4.78 is 76.6. The van der Waals surface area contributed by atoms with Gasteiger partial charge in [0.15, 0.2) is 40.6 Å². The molecule has 0 bridgehead atoms. The number of ketones is 1. The topological polar surface area (TPSA) is 35.5 Å². The lowest BCUT2D eigenvalue weighted by molar-refractivity contribution is 0.0593. The first kappa shape index (κ1) is 17.7. The Hall–Kier alpha value is -2.64. The Bertz CT molecular complexity index is 792. The van der Waals surface area contributed by atoms with Crippen LogP contribution in [-0.4, -0.2) is 12.9 Å². The summed E-state index contributed by atoms with van der Waals surface area (Å²) in [7, 11) is 1.22. The molecule has 0 aliphatic carbocycles. The molecule has 2 rings (SSSR count). The second-order valence-electron chi connectivity index (χ2n) is 4.75. The highest BCUT2D eigenvalue weighted by Gasteiger charge is 2.26. The lowest BCUT2D eigenvalue weighted by Gasteiger charge is -2.16. The van der Waals surface area contributed by atoms with E-state index in [0.29, 0.717) is 0 Å². The molecule has 0 N–H and O–H groups in total. The maximum absolute atomic E-state index is 14.1. The van der Waals surface area contributed by atoms with Crippen molar-refractivity contribution in [2.45, 2.75) is 13.3 Å². The molecule has 0 aliphatic heterocycles. The minimum atomic E-state index is -2.63. The van der Waals surface area contributed by atoms with Gasteiger partial charge < -0.3 is 9.47 Å². The highest BCUT2D eigenvalue weighted by atomic mass is 19.2. The molecule has 128 valence electrons. The number of alkyl halides is 1. The average molecular weight is 346 g/mol. The van der Waals surface area contributed by atoms with Gasteiger partial charge in [0.05, 0.1) is 12.7 Å². The maximum atomic E-state index is 14.1. The monoisotopic (exact) mass is 346 g/mol. The summed E-state index contributed by atoms with van der Waals surface area (Å²) in [5.74, 6) is -8.42. The van der Waals surface area contributed by atoms with E-state index in [9.17, 15) is 26.7 Å². The Balaban J connectivity index is 2.37. The van der Waals surface area contributed by atoms with Gasteiger partial charge in [-0.2, -0.15) is 4.39 Å². The molecule has 1 unspecified atom stereocenters. The lowest BCUT2D eigenvalue weighted by atomic mass is 10.1. The van der Waals surface area contributed by atoms with Crippen molar-refractivity contribution in [3.05, 3.63) is 58.7 Å². The van der Waals surface area contributed by atoms with Crippen LogP contribution < -0.4 is 9.47 Å². The Labute approximate surface area is 133 Å². The molecule has 0 aliphatic rings. The summed E-state index contributed by atoms with van der Waals surface area (Å²) in [5, 5.41) is 0. The molecule has 1 atom stereocenters. The predicted molar refractivity (Wildman–Crippen MR) is 73.7 cm³/mol. The molecule has 0 radical (unpaired) electrons. The first-order valence-electron chi connectivity index (χ1n) is 6.58. The van der Waals surface area contributed by atoms with E-state index in [1.165, 1.54) is 32.2 Å². The number of hydrogen-bond acceptors (Lipinski definition) is 3. The first-order valence-corrected chi connectivity index (χ1v) is 6.58. The van der Waals surface area contributed by atoms with Crippen LogP contribution in [0.15, 0.2) is 24.3 Å². The summed E-state index contributed by atoms with van der Waals surface area (Å²) in [6, 6.07) is 3.90. The summed E-state index contributed by atoms with van der Waals surface area (Å²) in [6.45, 7) is 1.30. The van der Waals surface area contributed by atoms with Crippen LogP contribution in [0.4, 0.5) is 22.0 Å². The van der Waals surface area contributed by atoms with Crippen LogP contribution in [0.25, 0.3) is 0 Å². The Morgan fingerprint density at radius 1 is 1.00 bits per heavy atom. The number of rotatable bonds is 5. The smallest absolute Gasteiger partial charge is 0.267 e. The third-order valence-electron chi connectivity index (χ3n) is 3.18. The zero-order valence-electron chi connectivity index (χ0n) is 12.5. The van der Waals surface area contributed by atoms with E-state index in [1.807, 2.05) is 0 Å². The van der Waals surface area contributed by atoms with E-state index in [1.54, 1.807) is 0 Å². The van der Waals surface area contributed by atoms with Crippen molar-refractivity contribution in [1.29, 1.82) is 0 Å². The summed E-state index contributed by atoms with van der Waals surface area (Å²) in [6.07, 6.45) is -2.63. The van der Waals surface area contributed by atoms with Crippen LogP contribution in [0.2, 0.25) is 0 Å². The second-order valence-corrected chi connectivity index (χ2v) is 4.75. The lowest BCUT2D eigenvalue weighted by Crippen LogP contribution is -2.09. The van der Waals surface area contributed by atoms with E-state index in [-0.39, 0.29) is 28.9 Å². The SMILES string of the molecule is COc1cc(C(C)=O)ccc1OC(F)c1cc(F)c(F)c(F)c1F. The molecule has 24 heavy (non-hydrogen) atoms. The van der Waals surface area contributed by atoms with Crippen LogP contribution in [-0.2, 0) is 0 Å². The standard InChI is InChI=1S/C16H11F5O3/c1-7(22)8-3-4-11(12(5-8)23-2)24-16(21)9-6-10(17)14(19)15(20)13(9)18/h3-6,16H,1-2H3. The third-order valence-corrected chi connectivity index (χ3v) is 3.18. The van der Waals surface area contributed by atoms with Crippen LogP contribution in [0.5, 0.6) is 11.5 Å². The highest BCUT2D eigenvalue weighted by Crippen LogP contribution is 2.34. The van der Waals surface area contributed by atoms with Crippen molar-refractivity contribution in [2.24, 2.45) is 0 Å². The van der Waals surface area contributed by atoms with E-state index in [0.717, 1.165) is 0 Å². The molecule has 0 aromatic heterocycles. The van der Waals surface area contributed by atoms with E-state index < -0.39 is 35.2 Å². The van der Waals surface area contributed by atoms with Crippen molar-refractivity contribution >= 4 is 5.78 Å². The van der Waals surface area contributed by atoms with Crippen molar-refractivity contribution < 1.29 is 36.2 Å². The number of Topliss-reactive ketones (excluding diaryl/α,β-unsaturated/α-hetero) is 1. The Morgan fingerprint density at radius 3 is 2.25 bits per heavy atom. The van der Waals surface area contributed by atoms with Gasteiger partial charge in [-0.15, -0.1) is 0 Å². The second kappa shape index (κ2) is 6.86. The minimum Gasteiger partial charge on any atom is -0.493 e. The first-order chi connectivity index (χ1) is 11.3. The molecular weight excluding hydrogens is 335 g/mol. The number of carbonyl (C=O) groups excluding carboxylic acids is 1. The largest absolute Gasteiger partial charge is 0.493 e. The fraction of sp³-hybridized carbons (Fsp3) is 0.188. The van der Waals surface area contributed by atoms with Gasteiger partial charge in [-0.3, -0.25) is 4.79 Å². The Morgan fingerprint density at radius 2 is 1.67 bits per heavy atom. The predicted octanol–water partition coefficient (Wildman–Crippen LogP) is 4.50. The van der Waals surface area contributed by atoms with Gasteiger partial charge in [-0.1, -0.05) is 0 Å². The zero-order chi connectivity index (χ0) is 18.0. The summed E-state index contributed by atoms with van der Waals surface area (Å²) >= 11 is 0. The van der Waals surface area contributed by atoms with Crippen molar-refractivity contribution in [2.75, 3.05) is 7.11 Å². The molecule has 2 aromatic carbocycles. The van der Waals surface area contributed by atoms with Crippen molar-refractivity contribution in [3.8, 4) is 11.5 Å². The number of methoxy groups -OCH3 is 1. The molecule has 3 nitrogen and oxygen atoms in total. The van der Waals surface area contributed by atoms with Crippen LogP contribution in [0.3, 0.4) is 0 Å². The fourth-order valence-electron chi connectivity index (χ4n) is 1.92. The molecule has 0 heterocycles. The number of benzene rings is 2. The molecule has 2 aromatic rings. The molecule has 0 spiro atoms. The van der Waals surface area contributed by atoms with Gasteiger partial charge in [0.1, 0.15) is 0 Å². The molecule has 8 heteroatoms. The van der Waals surface area contributed by atoms with Gasteiger partial charge in [-0.25, -0.2) is 17.6 Å². The molecule has 0 saturated heterocycles. The maximum Gasteiger partial charge on any atom is 0.267 e. The van der Waals surface area contributed by atoms with Gasteiger partial charge in [0, 0.05) is 5.56 Å². The normalized spacial score (nSPS) is 12.0. The third kappa shape index (κ3) is 3.32. The van der Waals surface area contributed by atoms with Gasteiger partial charge in [-0.05, 0) is 31.2 Å². The van der Waals surface area contributed by atoms with Crippen LogP contribution >= 0.6 is 0 Å². The molecule has 0 fully saturated rings. The van der Waals surface area contributed by atoms with Crippen molar-refractivity contribution in [1.82, 2.24) is 0 Å². The van der Waals surface area contributed by atoms with E-state index in [4.69, 9.17) is 9.47 Å². The van der Waals surface area contributed by atoms with Crippen LogP contribution in [0.1, 0.15) is 29.2 Å². The fourth-order valence-corrected chi connectivity index (χ4v) is 1.92. The molecule has 0 amide bonds. The minimum absolute atomic E-state index is 0.0474. The quantitative estimate of drug-likeness (QED) is 0.346.